The van der Waals surface area contributed by atoms with Gasteiger partial charge in [-0.25, -0.2) is 4.98 Å². The highest BCUT2D eigenvalue weighted by atomic mass is 16.5. The van der Waals surface area contributed by atoms with Gasteiger partial charge in [0.1, 0.15) is 11.9 Å². The highest BCUT2D eigenvalue weighted by Crippen LogP contribution is 2.26. The molecule has 1 unspecified atom stereocenters. The highest BCUT2D eigenvalue weighted by molar-refractivity contribution is 5.70. The fourth-order valence-corrected chi connectivity index (χ4v) is 2.05. The first-order valence-corrected chi connectivity index (χ1v) is 5.61. The van der Waals surface area contributed by atoms with Crippen LogP contribution in [0.2, 0.25) is 0 Å². The van der Waals surface area contributed by atoms with Crippen molar-refractivity contribution >= 4 is 17.1 Å². The van der Waals surface area contributed by atoms with Gasteiger partial charge < -0.3 is 15.5 Å². The molecule has 3 rings (SSSR count). The molecule has 17 heavy (non-hydrogen) atoms. The quantitative estimate of drug-likeness (QED) is 0.665. The first-order chi connectivity index (χ1) is 8.24. The summed E-state index contributed by atoms with van der Waals surface area (Å²) >= 11 is 0. The molecule has 3 heterocycles. The molecule has 1 aliphatic rings. The molecule has 1 atom stereocenters. The number of fused-ring (bicyclic) bond motifs is 1. The molecule has 0 radical (unpaired) electrons. The van der Waals surface area contributed by atoms with Crippen molar-refractivity contribution in [3.63, 3.8) is 0 Å². The third kappa shape index (κ3) is 1.78. The molecule has 4 N–H and O–H groups in total. The lowest BCUT2D eigenvalue weighted by atomic mass is 10.1. The number of nitrogen functional groups attached to an aromatic ring is 1. The van der Waals surface area contributed by atoms with Gasteiger partial charge in [-0.15, -0.1) is 0 Å². The van der Waals surface area contributed by atoms with E-state index < -0.39 is 0 Å². The zero-order valence-corrected chi connectivity index (χ0v) is 9.19. The van der Waals surface area contributed by atoms with E-state index in [1.807, 2.05) is 0 Å². The molecular weight excluding hydrogens is 222 g/mol. The molecule has 0 saturated carbocycles. The minimum absolute atomic E-state index is 0.0708. The van der Waals surface area contributed by atoms with Crippen LogP contribution >= 0.6 is 0 Å². The van der Waals surface area contributed by atoms with Crippen molar-refractivity contribution in [2.75, 3.05) is 12.3 Å². The van der Waals surface area contributed by atoms with Crippen molar-refractivity contribution in [2.45, 2.75) is 25.4 Å². The summed E-state index contributed by atoms with van der Waals surface area (Å²) in [5.41, 5.74) is 5.85. The van der Waals surface area contributed by atoms with E-state index in [1.165, 1.54) is 0 Å². The summed E-state index contributed by atoms with van der Waals surface area (Å²) in [6.07, 6.45) is 3.02. The molecule has 1 fully saturated rings. The van der Waals surface area contributed by atoms with Crippen molar-refractivity contribution in [3.8, 4) is 0 Å². The molecule has 1 aliphatic heterocycles. The van der Waals surface area contributed by atoms with Crippen LogP contribution in [0.15, 0.2) is 4.79 Å². The summed E-state index contributed by atoms with van der Waals surface area (Å²) in [7, 11) is 0. The molecule has 0 spiro atoms. The van der Waals surface area contributed by atoms with E-state index in [2.05, 4.69) is 19.9 Å². The van der Waals surface area contributed by atoms with Gasteiger partial charge >= 0.3 is 0 Å². The molecule has 0 bridgehead atoms. The molecule has 2 aromatic rings. The van der Waals surface area contributed by atoms with Gasteiger partial charge in [0.25, 0.3) is 5.56 Å². The maximum Gasteiger partial charge on any atom is 0.278 e. The van der Waals surface area contributed by atoms with Gasteiger partial charge in [-0.2, -0.15) is 4.98 Å². The Balaban J connectivity index is 2.06. The second kappa shape index (κ2) is 3.85. The number of nitrogens with zero attached hydrogens (tertiary/aromatic N) is 2. The summed E-state index contributed by atoms with van der Waals surface area (Å²) in [6.45, 7) is 0.730. The number of imidazole rings is 1. The Morgan fingerprint density at radius 3 is 2.94 bits per heavy atom. The number of hydrogen-bond donors (Lipinski definition) is 3. The average molecular weight is 235 g/mol. The molecule has 0 aromatic carbocycles. The van der Waals surface area contributed by atoms with E-state index in [0.717, 1.165) is 25.9 Å². The average Bonchev–Trinajstić information content (AvgIpc) is 2.74. The maximum absolute atomic E-state index is 11.6. The minimum Gasteiger partial charge on any atom is -0.370 e. The van der Waals surface area contributed by atoms with Gasteiger partial charge in [0.05, 0.1) is 0 Å². The third-order valence-corrected chi connectivity index (χ3v) is 2.88. The maximum atomic E-state index is 11.6. The first-order valence-electron chi connectivity index (χ1n) is 5.61. The SMILES string of the molecule is Nc1nc2nc(C3CCCCO3)[nH]c2c(=O)[nH]1. The number of aromatic amines is 2. The number of hydrogen-bond acceptors (Lipinski definition) is 5. The van der Waals surface area contributed by atoms with Crippen LogP contribution in [0.25, 0.3) is 11.2 Å². The zero-order valence-electron chi connectivity index (χ0n) is 9.19. The number of rotatable bonds is 1. The lowest BCUT2D eigenvalue weighted by molar-refractivity contribution is 0.0101. The van der Waals surface area contributed by atoms with E-state index in [9.17, 15) is 4.79 Å². The number of anilines is 1. The topological polar surface area (TPSA) is 110 Å². The van der Waals surface area contributed by atoms with Crippen LogP contribution < -0.4 is 11.3 Å². The standard InChI is InChI=1S/C10H13N5O2/c11-10-14-8-6(9(16)15-10)12-7(13-8)5-3-1-2-4-17-5/h5H,1-4H2,(H4,11,12,13,14,15,16). The van der Waals surface area contributed by atoms with E-state index in [0.29, 0.717) is 17.0 Å². The second-order valence-corrected chi connectivity index (χ2v) is 4.13. The van der Waals surface area contributed by atoms with Crippen molar-refractivity contribution in [2.24, 2.45) is 0 Å². The van der Waals surface area contributed by atoms with Crippen LogP contribution in [0.1, 0.15) is 31.2 Å². The minimum atomic E-state index is -0.304. The van der Waals surface area contributed by atoms with Crippen LogP contribution in [-0.2, 0) is 4.74 Å². The van der Waals surface area contributed by atoms with Gasteiger partial charge in [0.2, 0.25) is 5.95 Å². The highest BCUT2D eigenvalue weighted by Gasteiger charge is 2.20. The monoisotopic (exact) mass is 235 g/mol. The van der Waals surface area contributed by atoms with Gasteiger partial charge in [-0.1, -0.05) is 0 Å². The van der Waals surface area contributed by atoms with Crippen molar-refractivity contribution in [3.05, 3.63) is 16.2 Å². The van der Waals surface area contributed by atoms with Crippen molar-refractivity contribution in [1.29, 1.82) is 0 Å². The smallest absolute Gasteiger partial charge is 0.278 e. The molecule has 7 heteroatoms. The van der Waals surface area contributed by atoms with E-state index in [1.54, 1.807) is 0 Å². The van der Waals surface area contributed by atoms with Crippen molar-refractivity contribution in [1.82, 2.24) is 19.9 Å². The Kier molecular flexibility index (Phi) is 2.32. The van der Waals surface area contributed by atoms with Gasteiger partial charge in [0, 0.05) is 6.61 Å². The molecule has 1 saturated heterocycles. The molecule has 7 nitrogen and oxygen atoms in total. The molecule has 2 aromatic heterocycles. The Morgan fingerprint density at radius 1 is 1.29 bits per heavy atom. The second-order valence-electron chi connectivity index (χ2n) is 4.13. The summed E-state index contributed by atoms with van der Waals surface area (Å²) in [4.78, 5) is 25.2. The first kappa shape index (κ1) is 10.3. The Labute approximate surface area is 96.4 Å². The number of nitrogens with one attached hydrogen (secondary N) is 2. The van der Waals surface area contributed by atoms with Crippen LogP contribution in [0.5, 0.6) is 0 Å². The summed E-state index contributed by atoms with van der Waals surface area (Å²) < 4.78 is 5.60. The third-order valence-electron chi connectivity index (χ3n) is 2.88. The normalized spacial score (nSPS) is 20.8. The lowest BCUT2D eigenvalue weighted by Crippen LogP contribution is -2.13. The summed E-state index contributed by atoms with van der Waals surface area (Å²) in [6, 6.07) is 0. The predicted molar refractivity (Wildman–Crippen MR) is 61.5 cm³/mol. The number of H-pyrrole nitrogens is 2. The fraction of sp³-hybridized carbons (Fsp3) is 0.500. The summed E-state index contributed by atoms with van der Waals surface area (Å²) in [5.74, 6) is 0.730. The van der Waals surface area contributed by atoms with E-state index in [4.69, 9.17) is 10.5 Å². The molecule has 0 aliphatic carbocycles. The van der Waals surface area contributed by atoms with Gasteiger partial charge in [-0.3, -0.25) is 9.78 Å². The predicted octanol–water partition coefficient (Wildman–Crippen LogP) is 0.470. The van der Waals surface area contributed by atoms with Gasteiger partial charge in [-0.05, 0) is 19.3 Å². The zero-order chi connectivity index (χ0) is 11.8. The number of ether oxygens (including phenoxy) is 1. The van der Waals surface area contributed by atoms with Crippen LogP contribution in [-0.4, -0.2) is 26.5 Å². The Bertz CT molecular complexity index is 596. The molecule has 0 amide bonds. The van der Waals surface area contributed by atoms with E-state index in [-0.39, 0.29) is 17.6 Å². The van der Waals surface area contributed by atoms with Crippen LogP contribution in [0.4, 0.5) is 5.95 Å². The van der Waals surface area contributed by atoms with Crippen LogP contribution in [0.3, 0.4) is 0 Å². The largest absolute Gasteiger partial charge is 0.370 e. The summed E-state index contributed by atoms with van der Waals surface area (Å²) in [5, 5.41) is 0. The molecule has 90 valence electrons. The number of nitrogens with two attached hydrogens (primary N) is 1. The Morgan fingerprint density at radius 2 is 2.18 bits per heavy atom. The van der Waals surface area contributed by atoms with E-state index >= 15 is 0 Å². The van der Waals surface area contributed by atoms with Gasteiger partial charge in [0.15, 0.2) is 11.2 Å². The van der Waals surface area contributed by atoms with Crippen molar-refractivity contribution < 1.29 is 4.74 Å². The molecular formula is C10H13N5O2. The fourth-order valence-electron chi connectivity index (χ4n) is 2.05. The Hall–Kier alpha value is -1.89. The van der Waals surface area contributed by atoms with Crippen LogP contribution in [0, 0.1) is 0 Å². The number of aromatic nitrogens is 4. The lowest BCUT2D eigenvalue weighted by Gasteiger charge is -2.20.